The minimum absolute atomic E-state index is 0.0222. The number of nitrogens with zero attached hydrogens (tertiary/aromatic N) is 3. The van der Waals surface area contributed by atoms with Gasteiger partial charge in [-0.2, -0.15) is 0 Å². The van der Waals surface area contributed by atoms with E-state index in [1.165, 1.54) is 6.33 Å². The lowest BCUT2D eigenvalue weighted by Crippen LogP contribution is -2.32. The van der Waals surface area contributed by atoms with Gasteiger partial charge in [0.05, 0.1) is 17.4 Å². The minimum atomic E-state index is 0.0222. The molecule has 0 aliphatic carbocycles. The maximum atomic E-state index is 6.03. The molecule has 0 bridgehead atoms. The molecule has 2 aromatic heterocycles. The van der Waals surface area contributed by atoms with Crippen LogP contribution in [-0.2, 0) is 0 Å². The smallest absolute Gasteiger partial charge is 0.229 e. The van der Waals surface area contributed by atoms with Gasteiger partial charge in [0, 0.05) is 24.7 Å². The van der Waals surface area contributed by atoms with E-state index in [4.69, 9.17) is 9.47 Å². The second-order valence-electron chi connectivity index (χ2n) is 6.41. The number of rotatable bonds is 6. The first kappa shape index (κ1) is 17.4. The summed E-state index contributed by atoms with van der Waals surface area (Å²) in [4.78, 5) is 12.7. The Morgan fingerprint density at radius 2 is 1.96 bits per heavy atom. The summed E-state index contributed by atoms with van der Waals surface area (Å²) in [7, 11) is 0. The second kappa shape index (κ2) is 7.61. The number of pyridine rings is 1. The molecular formula is C19H24N4O2. The highest BCUT2D eigenvalue weighted by atomic mass is 16.5. The summed E-state index contributed by atoms with van der Waals surface area (Å²) in [6.07, 6.45) is 8.46. The third-order valence-electron chi connectivity index (χ3n) is 4.16. The first-order valence-electron chi connectivity index (χ1n) is 8.55. The topological polar surface area (TPSA) is 69.2 Å². The summed E-state index contributed by atoms with van der Waals surface area (Å²) in [6, 6.07) is 4.45. The van der Waals surface area contributed by atoms with Crippen LogP contribution in [0.1, 0.15) is 31.5 Å². The zero-order valence-corrected chi connectivity index (χ0v) is 15.1. The van der Waals surface area contributed by atoms with Crippen LogP contribution < -0.4 is 14.8 Å². The van der Waals surface area contributed by atoms with Gasteiger partial charge in [-0.25, -0.2) is 9.97 Å². The SMILES string of the molecule is Cc1ncccc1Oc1ncnc(O[C@H](C)CC2C=CC(C)N2)c1C. The second-order valence-corrected chi connectivity index (χ2v) is 6.41. The Morgan fingerprint density at radius 1 is 1.16 bits per heavy atom. The molecule has 2 aromatic rings. The summed E-state index contributed by atoms with van der Waals surface area (Å²) in [5.74, 6) is 1.72. The zero-order valence-electron chi connectivity index (χ0n) is 15.1. The molecule has 1 aliphatic heterocycles. The van der Waals surface area contributed by atoms with Crippen LogP contribution in [0, 0.1) is 13.8 Å². The molecule has 3 atom stereocenters. The molecule has 0 amide bonds. The summed E-state index contributed by atoms with van der Waals surface area (Å²) in [6.45, 7) is 7.99. The molecule has 0 fully saturated rings. The number of aryl methyl sites for hydroxylation is 1. The molecule has 6 heteroatoms. The van der Waals surface area contributed by atoms with Crippen molar-refractivity contribution in [1.82, 2.24) is 20.3 Å². The third kappa shape index (κ3) is 4.33. The summed E-state index contributed by atoms with van der Waals surface area (Å²) < 4.78 is 11.9. The normalized spacial score (nSPS) is 20.5. The van der Waals surface area contributed by atoms with Gasteiger partial charge in [0.15, 0.2) is 5.75 Å². The molecule has 132 valence electrons. The summed E-state index contributed by atoms with van der Waals surface area (Å²) in [5, 5.41) is 3.48. The standard InChI is InChI=1S/C19H24N4O2/c1-12-7-8-16(23-12)10-13(2)24-18-14(3)19(22-11-21-18)25-17-6-5-9-20-15(17)4/h5-9,11-13,16,23H,10H2,1-4H3/t12?,13-,16?/m1/s1. The Bertz CT molecular complexity index is 763. The van der Waals surface area contributed by atoms with Crippen LogP contribution in [0.4, 0.5) is 0 Å². The maximum absolute atomic E-state index is 6.03. The number of aromatic nitrogens is 3. The molecular weight excluding hydrogens is 316 g/mol. The minimum Gasteiger partial charge on any atom is -0.474 e. The molecule has 1 N–H and O–H groups in total. The number of ether oxygens (including phenoxy) is 2. The molecule has 1 aliphatic rings. The van der Waals surface area contributed by atoms with Crippen molar-refractivity contribution in [3.05, 3.63) is 48.1 Å². The lowest BCUT2D eigenvalue weighted by atomic mass is 10.1. The predicted molar refractivity (Wildman–Crippen MR) is 96.0 cm³/mol. The van der Waals surface area contributed by atoms with Crippen molar-refractivity contribution in [2.75, 3.05) is 0 Å². The van der Waals surface area contributed by atoms with Crippen LogP contribution >= 0.6 is 0 Å². The fraction of sp³-hybridized carbons (Fsp3) is 0.421. The zero-order chi connectivity index (χ0) is 17.8. The van der Waals surface area contributed by atoms with E-state index in [-0.39, 0.29) is 6.10 Å². The highest BCUT2D eigenvalue weighted by Crippen LogP contribution is 2.29. The highest BCUT2D eigenvalue weighted by molar-refractivity contribution is 5.37. The van der Waals surface area contributed by atoms with Crippen molar-refractivity contribution >= 4 is 0 Å². The molecule has 0 aromatic carbocycles. The Labute approximate surface area is 148 Å². The van der Waals surface area contributed by atoms with Gasteiger partial charge in [-0.05, 0) is 39.8 Å². The summed E-state index contributed by atoms with van der Waals surface area (Å²) >= 11 is 0. The molecule has 3 heterocycles. The van der Waals surface area contributed by atoms with Crippen molar-refractivity contribution in [1.29, 1.82) is 0 Å². The fourth-order valence-corrected chi connectivity index (χ4v) is 2.81. The van der Waals surface area contributed by atoms with Crippen LogP contribution in [0.2, 0.25) is 0 Å². The van der Waals surface area contributed by atoms with Gasteiger partial charge >= 0.3 is 0 Å². The first-order valence-corrected chi connectivity index (χ1v) is 8.55. The summed E-state index contributed by atoms with van der Waals surface area (Å²) in [5.41, 5.74) is 1.59. The van der Waals surface area contributed by atoms with Crippen LogP contribution in [-0.4, -0.2) is 33.1 Å². The van der Waals surface area contributed by atoms with Crippen molar-refractivity contribution in [3.8, 4) is 17.5 Å². The van der Waals surface area contributed by atoms with Gasteiger partial charge in [-0.15, -0.1) is 0 Å². The molecule has 0 saturated carbocycles. The first-order chi connectivity index (χ1) is 12.0. The van der Waals surface area contributed by atoms with Crippen LogP contribution in [0.3, 0.4) is 0 Å². The van der Waals surface area contributed by atoms with E-state index in [9.17, 15) is 0 Å². The number of nitrogens with one attached hydrogen (secondary N) is 1. The van der Waals surface area contributed by atoms with E-state index >= 15 is 0 Å². The van der Waals surface area contributed by atoms with E-state index in [1.807, 2.05) is 32.9 Å². The quantitative estimate of drug-likeness (QED) is 0.813. The van der Waals surface area contributed by atoms with E-state index in [0.29, 0.717) is 29.6 Å². The van der Waals surface area contributed by atoms with Gasteiger partial charge in [0.1, 0.15) is 6.33 Å². The van der Waals surface area contributed by atoms with Crippen molar-refractivity contribution in [3.63, 3.8) is 0 Å². The van der Waals surface area contributed by atoms with E-state index in [0.717, 1.165) is 17.7 Å². The molecule has 2 unspecified atom stereocenters. The average Bonchev–Trinajstić information content (AvgIpc) is 2.98. The Morgan fingerprint density at radius 3 is 2.68 bits per heavy atom. The van der Waals surface area contributed by atoms with E-state index in [2.05, 4.69) is 39.3 Å². The van der Waals surface area contributed by atoms with Crippen molar-refractivity contribution in [2.45, 2.75) is 52.3 Å². The predicted octanol–water partition coefficient (Wildman–Crippen LogP) is 3.35. The van der Waals surface area contributed by atoms with Crippen LogP contribution in [0.25, 0.3) is 0 Å². The van der Waals surface area contributed by atoms with E-state index in [1.54, 1.807) is 6.20 Å². The van der Waals surface area contributed by atoms with Crippen LogP contribution in [0.15, 0.2) is 36.8 Å². The molecule has 25 heavy (non-hydrogen) atoms. The third-order valence-corrected chi connectivity index (χ3v) is 4.16. The fourth-order valence-electron chi connectivity index (χ4n) is 2.81. The monoisotopic (exact) mass is 340 g/mol. The van der Waals surface area contributed by atoms with Crippen LogP contribution in [0.5, 0.6) is 17.5 Å². The lowest BCUT2D eigenvalue weighted by Gasteiger charge is -2.20. The Hall–Kier alpha value is -2.47. The number of hydrogen-bond acceptors (Lipinski definition) is 6. The molecule has 3 rings (SSSR count). The van der Waals surface area contributed by atoms with Gasteiger partial charge in [-0.1, -0.05) is 12.2 Å². The molecule has 6 nitrogen and oxygen atoms in total. The Balaban J connectivity index is 1.68. The Kier molecular flexibility index (Phi) is 5.28. The molecule has 0 saturated heterocycles. The molecule has 0 radical (unpaired) electrons. The van der Waals surface area contributed by atoms with Gasteiger partial charge < -0.3 is 14.8 Å². The van der Waals surface area contributed by atoms with Gasteiger partial charge in [0.25, 0.3) is 0 Å². The van der Waals surface area contributed by atoms with Crippen molar-refractivity contribution < 1.29 is 9.47 Å². The van der Waals surface area contributed by atoms with E-state index < -0.39 is 0 Å². The highest BCUT2D eigenvalue weighted by Gasteiger charge is 2.19. The molecule has 0 spiro atoms. The largest absolute Gasteiger partial charge is 0.474 e. The number of hydrogen-bond donors (Lipinski definition) is 1. The van der Waals surface area contributed by atoms with Gasteiger partial charge in [0.2, 0.25) is 11.8 Å². The maximum Gasteiger partial charge on any atom is 0.229 e. The van der Waals surface area contributed by atoms with Gasteiger partial charge in [-0.3, -0.25) is 4.98 Å². The van der Waals surface area contributed by atoms with Crippen molar-refractivity contribution in [2.24, 2.45) is 0 Å². The lowest BCUT2D eigenvalue weighted by molar-refractivity contribution is 0.190. The average molecular weight is 340 g/mol.